The third-order valence-corrected chi connectivity index (χ3v) is 5.83. The molecule has 2 amide bonds. The van der Waals surface area contributed by atoms with Gasteiger partial charge < -0.3 is 10.2 Å². The highest BCUT2D eigenvalue weighted by atomic mass is 32.1. The molecule has 5 heteroatoms. The molecule has 3 heterocycles. The number of benzene rings is 1. The van der Waals surface area contributed by atoms with E-state index in [4.69, 9.17) is 0 Å². The van der Waals surface area contributed by atoms with Crippen molar-refractivity contribution in [2.75, 3.05) is 19.6 Å². The Hall–Kier alpha value is -2.14. The Labute approximate surface area is 139 Å². The molecule has 0 radical (unpaired) electrons. The lowest BCUT2D eigenvalue weighted by molar-refractivity contribution is -0.127. The maximum atomic E-state index is 12.6. The predicted molar refractivity (Wildman–Crippen MR) is 89.5 cm³/mol. The smallest absolute Gasteiger partial charge is 0.254 e. The Balaban J connectivity index is 1.62. The molecule has 1 spiro atoms. The van der Waals surface area contributed by atoms with Crippen molar-refractivity contribution in [3.05, 3.63) is 58.3 Å². The normalized spacial score (nSPS) is 26.7. The van der Waals surface area contributed by atoms with E-state index in [1.807, 2.05) is 39.9 Å². The van der Waals surface area contributed by atoms with Gasteiger partial charge in [0.05, 0.1) is 11.0 Å². The summed E-state index contributed by atoms with van der Waals surface area (Å²) in [5.74, 6) is 0.262. The molecule has 2 saturated heterocycles. The molecule has 2 aromatic rings. The van der Waals surface area contributed by atoms with Crippen LogP contribution in [0.25, 0.3) is 0 Å². The number of nitrogens with one attached hydrogen (secondary N) is 1. The number of rotatable bonds is 2. The minimum absolute atomic E-state index is 0.0367. The first-order chi connectivity index (χ1) is 11.2. The summed E-state index contributed by atoms with van der Waals surface area (Å²) in [6.07, 6.45) is 0.730. The molecule has 1 aromatic heterocycles. The number of nitrogens with zero attached hydrogens (tertiary/aromatic N) is 1. The lowest BCUT2D eigenvalue weighted by atomic mass is 9.73. The summed E-state index contributed by atoms with van der Waals surface area (Å²) < 4.78 is 0. The molecule has 1 aromatic carbocycles. The minimum Gasteiger partial charge on any atom is -0.355 e. The maximum Gasteiger partial charge on any atom is 0.254 e. The fourth-order valence-electron chi connectivity index (χ4n) is 3.89. The van der Waals surface area contributed by atoms with Gasteiger partial charge in [-0.2, -0.15) is 11.3 Å². The Morgan fingerprint density at radius 1 is 1.26 bits per heavy atom. The molecule has 1 N–H and O–H groups in total. The van der Waals surface area contributed by atoms with Gasteiger partial charge in [-0.15, -0.1) is 0 Å². The molecule has 118 valence electrons. The quantitative estimate of drug-likeness (QED) is 0.922. The van der Waals surface area contributed by atoms with Crippen molar-refractivity contribution in [2.45, 2.75) is 12.3 Å². The lowest BCUT2D eigenvalue weighted by Gasteiger charge is -2.28. The summed E-state index contributed by atoms with van der Waals surface area (Å²) >= 11 is 1.52. The molecule has 0 aliphatic carbocycles. The first-order valence-electron chi connectivity index (χ1n) is 7.85. The van der Waals surface area contributed by atoms with E-state index in [1.54, 1.807) is 0 Å². The molecule has 0 saturated carbocycles. The molecule has 23 heavy (non-hydrogen) atoms. The number of hydrogen-bond donors (Lipinski definition) is 1. The lowest BCUT2D eigenvalue weighted by Crippen LogP contribution is -2.39. The average molecular weight is 326 g/mol. The van der Waals surface area contributed by atoms with E-state index >= 15 is 0 Å². The van der Waals surface area contributed by atoms with Crippen LogP contribution in [0.3, 0.4) is 0 Å². The van der Waals surface area contributed by atoms with Crippen LogP contribution in [-0.4, -0.2) is 36.3 Å². The summed E-state index contributed by atoms with van der Waals surface area (Å²) in [6.45, 7) is 1.81. The van der Waals surface area contributed by atoms with E-state index in [0.717, 1.165) is 12.0 Å². The monoisotopic (exact) mass is 326 g/mol. The van der Waals surface area contributed by atoms with Crippen molar-refractivity contribution >= 4 is 23.2 Å². The number of thiophene rings is 1. The second-order valence-corrected chi connectivity index (χ2v) is 7.10. The van der Waals surface area contributed by atoms with Crippen molar-refractivity contribution in [1.82, 2.24) is 10.2 Å². The van der Waals surface area contributed by atoms with Crippen LogP contribution in [0.2, 0.25) is 0 Å². The van der Waals surface area contributed by atoms with Crippen molar-refractivity contribution < 1.29 is 9.59 Å². The highest BCUT2D eigenvalue weighted by molar-refractivity contribution is 7.08. The van der Waals surface area contributed by atoms with Crippen LogP contribution in [-0.2, 0) is 4.79 Å². The molecule has 4 rings (SSSR count). The predicted octanol–water partition coefficient (Wildman–Crippen LogP) is 2.49. The molecular formula is C18H18N2O2S. The van der Waals surface area contributed by atoms with Crippen LogP contribution in [0.5, 0.6) is 0 Å². The summed E-state index contributed by atoms with van der Waals surface area (Å²) in [5.41, 5.74) is 1.42. The summed E-state index contributed by atoms with van der Waals surface area (Å²) in [7, 11) is 0. The van der Waals surface area contributed by atoms with E-state index in [2.05, 4.69) is 17.4 Å². The van der Waals surface area contributed by atoms with Gasteiger partial charge in [-0.25, -0.2) is 0 Å². The summed E-state index contributed by atoms with van der Waals surface area (Å²) in [5, 5.41) is 6.80. The van der Waals surface area contributed by atoms with E-state index < -0.39 is 5.41 Å². The molecular weight excluding hydrogens is 308 g/mol. The van der Waals surface area contributed by atoms with E-state index in [1.165, 1.54) is 16.9 Å². The molecule has 2 fully saturated rings. The number of likely N-dealkylation sites (tertiary alicyclic amines) is 1. The van der Waals surface area contributed by atoms with Crippen LogP contribution in [0.4, 0.5) is 0 Å². The zero-order valence-corrected chi connectivity index (χ0v) is 13.5. The van der Waals surface area contributed by atoms with Gasteiger partial charge in [0.25, 0.3) is 5.91 Å². The number of hydrogen-bond acceptors (Lipinski definition) is 3. The molecule has 0 bridgehead atoms. The third kappa shape index (κ3) is 2.27. The second kappa shape index (κ2) is 5.49. The molecule has 2 aliphatic rings. The van der Waals surface area contributed by atoms with Gasteiger partial charge in [0, 0.05) is 30.9 Å². The first kappa shape index (κ1) is 14.5. The molecule has 2 aliphatic heterocycles. The van der Waals surface area contributed by atoms with Gasteiger partial charge in [-0.1, -0.05) is 30.3 Å². The van der Waals surface area contributed by atoms with E-state index in [9.17, 15) is 9.59 Å². The largest absolute Gasteiger partial charge is 0.355 e. The molecule has 4 nitrogen and oxygen atoms in total. The van der Waals surface area contributed by atoms with Gasteiger partial charge in [-0.05, 0) is 23.4 Å². The van der Waals surface area contributed by atoms with Crippen molar-refractivity contribution in [3.8, 4) is 0 Å². The Bertz CT molecular complexity index is 729. The van der Waals surface area contributed by atoms with Crippen molar-refractivity contribution in [2.24, 2.45) is 5.41 Å². The first-order valence-corrected chi connectivity index (χ1v) is 8.80. The number of carbonyl (C=O) groups is 2. The maximum absolute atomic E-state index is 12.6. The Kier molecular flexibility index (Phi) is 3.45. The van der Waals surface area contributed by atoms with Crippen LogP contribution in [0, 0.1) is 5.41 Å². The van der Waals surface area contributed by atoms with Crippen molar-refractivity contribution in [3.63, 3.8) is 0 Å². The highest BCUT2D eigenvalue weighted by Crippen LogP contribution is 2.47. The van der Waals surface area contributed by atoms with Crippen molar-refractivity contribution in [1.29, 1.82) is 0 Å². The molecule has 2 atom stereocenters. The van der Waals surface area contributed by atoms with Crippen LogP contribution >= 0.6 is 11.3 Å². The zero-order valence-electron chi connectivity index (χ0n) is 12.7. The minimum atomic E-state index is -0.479. The second-order valence-electron chi connectivity index (χ2n) is 6.32. The average Bonchev–Trinajstić information content (AvgIpc) is 3.31. The van der Waals surface area contributed by atoms with Crippen LogP contribution in [0.1, 0.15) is 28.3 Å². The summed E-state index contributed by atoms with van der Waals surface area (Å²) in [6, 6.07) is 12.0. The van der Waals surface area contributed by atoms with Gasteiger partial charge in [-0.3, -0.25) is 9.59 Å². The van der Waals surface area contributed by atoms with Gasteiger partial charge in [0.15, 0.2) is 0 Å². The SMILES string of the molecule is O=C(c1ccsc1)N1CC[C@]2(C1)C(=O)NC[C@H]2c1ccccc1. The van der Waals surface area contributed by atoms with Gasteiger partial charge in [0.2, 0.25) is 5.91 Å². The highest BCUT2D eigenvalue weighted by Gasteiger charge is 2.55. The summed E-state index contributed by atoms with van der Waals surface area (Å²) in [4.78, 5) is 27.0. The Morgan fingerprint density at radius 2 is 2.09 bits per heavy atom. The fraction of sp³-hybridized carbons (Fsp3) is 0.333. The topological polar surface area (TPSA) is 49.4 Å². The van der Waals surface area contributed by atoms with Crippen LogP contribution < -0.4 is 5.32 Å². The number of amides is 2. The number of carbonyl (C=O) groups excluding carboxylic acids is 2. The fourth-order valence-corrected chi connectivity index (χ4v) is 4.52. The van der Waals surface area contributed by atoms with E-state index in [0.29, 0.717) is 19.6 Å². The molecule has 0 unspecified atom stereocenters. The van der Waals surface area contributed by atoms with Gasteiger partial charge >= 0.3 is 0 Å². The third-order valence-electron chi connectivity index (χ3n) is 5.14. The zero-order chi connectivity index (χ0) is 15.9. The standard InChI is InChI=1S/C18H18N2O2S/c21-16(14-6-9-23-11-14)20-8-7-18(12-20)15(10-19-17(18)22)13-4-2-1-3-5-13/h1-6,9,11,15H,7-8,10,12H2,(H,19,22)/t15-,18+/m0/s1. The van der Waals surface area contributed by atoms with Gasteiger partial charge in [0.1, 0.15) is 0 Å². The van der Waals surface area contributed by atoms with E-state index in [-0.39, 0.29) is 17.7 Å². The van der Waals surface area contributed by atoms with Crippen LogP contribution in [0.15, 0.2) is 47.2 Å². The Morgan fingerprint density at radius 3 is 2.83 bits per heavy atom.